The first-order valence-corrected chi connectivity index (χ1v) is 15.2. The first-order valence-electron chi connectivity index (χ1n) is 14.8. The van der Waals surface area contributed by atoms with Crippen LogP contribution in [-0.4, -0.2) is 52.2 Å². The molecule has 252 valence electrons. The van der Waals surface area contributed by atoms with Crippen LogP contribution in [-0.2, 0) is 19.8 Å². The van der Waals surface area contributed by atoms with Crippen molar-refractivity contribution in [1.29, 1.82) is 0 Å². The molecule has 1 saturated carbocycles. The Morgan fingerprint density at radius 3 is 2.17 bits per heavy atom. The van der Waals surface area contributed by atoms with Crippen LogP contribution in [0, 0.1) is 28.8 Å². The van der Waals surface area contributed by atoms with E-state index < -0.39 is 58.9 Å². The van der Waals surface area contributed by atoms with Gasteiger partial charge in [0.25, 0.3) is 0 Å². The van der Waals surface area contributed by atoms with Gasteiger partial charge in [-0.05, 0) is 66.7 Å². The Morgan fingerprint density at radius 2 is 1.61 bits per heavy atom. The number of nitrogens with one attached hydrogen (secondary N) is 2. The number of carbonyl (C=O) groups excluding carboxylic acids is 2. The van der Waals surface area contributed by atoms with Gasteiger partial charge in [-0.25, -0.2) is 18.0 Å². The summed E-state index contributed by atoms with van der Waals surface area (Å²) in [6, 6.07) is 4.76. The van der Waals surface area contributed by atoms with Crippen molar-refractivity contribution >= 4 is 34.9 Å². The SMILES string of the molecule is CC(C)(C)C[C@@H]1N[C@@H](C(=O)CC2CCC(O)CC2)[C@H](c2cccc(Cl)c2F)[C@]12C(=O)Nc1cc(F)c(F)cc12.O=C(O)C(F)(F)F. The van der Waals surface area contributed by atoms with Gasteiger partial charge in [-0.1, -0.05) is 44.5 Å². The van der Waals surface area contributed by atoms with Crippen LogP contribution in [0.25, 0.3) is 0 Å². The zero-order chi connectivity index (χ0) is 34.4. The lowest BCUT2D eigenvalue weighted by molar-refractivity contribution is -0.192. The van der Waals surface area contributed by atoms with Crippen LogP contribution in [0.15, 0.2) is 30.3 Å². The third-order valence-corrected chi connectivity index (χ3v) is 9.20. The maximum absolute atomic E-state index is 15.8. The summed E-state index contributed by atoms with van der Waals surface area (Å²) in [4.78, 5) is 37.0. The summed E-state index contributed by atoms with van der Waals surface area (Å²) < 4.78 is 76.5. The number of halogens is 7. The number of aliphatic carboxylic acids is 1. The van der Waals surface area contributed by atoms with Crippen molar-refractivity contribution in [2.24, 2.45) is 11.3 Å². The first-order chi connectivity index (χ1) is 21.3. The van der Waals surface area contributed by atoms with E-state index in [1.165, 1.54) is 12.1 Å². The summed E-state index contributed by atoms with van der Waals surface area (Å²) in [7, 11) is 0. The summed E-state index contributed by atoms with van der Waals surface area (Å²) in [5.74, 6) is -7.46. The quantitative estimate of drug-likeness (QED) is 0.264. The smallest absolute Gasteiger partial charge is 0.475 e. The lowest BCUT2D eigenvalue weighted by Crippen LogP contribution is -2.49. The number of fused-ring (bicyclic) bond motifs is 2. The van der Waals surface area contributed by atoms with Crippen LogP contribution in [0.2, 0.25) is 5.02 Å². The molecule has 0 unspecified atom stereocenters. The van der Waals surface area contributed by atoms with Crippen molar-refractivity contribution in [2.45, 2.75) is 95.0 Å². The van der Waals surface area contributed by atoms with E-state index in [1.54, 1.807) is 6.07 Å². The molecule has 14 heteroatoms. The van der Waals surface area contributed by atoms with E-state index >= 15 is 4.39 Å². The molecule has 46 heavy (non-hydrogen) atoms. The van der Waals surface area contributed by atoms with Crippen molar-refractivity contribution < 1.29 is 50.9 Å². The summed E-state index contributed by atoms with van der Waals surface area (Å²) in [6.07, 6.45) is -2.24. The molecule has 2 aliphatic heterocycles. The third kappa shape index (κ3) is 7.06. The molecule has 7 nitrogen and oxygen atoms in total. The number of aliphatic hydroxyl groups excluding tert-OH is 1. The lowest BCUT2D eigenvalue weighted by atomic mass is 9.62. The maximum Gasteiger partial charge on any atom is 0.490 e. The van der Waals surface area contributed by atoms with Gasteiger partial charge in [0.05, 0.1) is 17.2 Å². The van der Waals surface area contributed by atoms with Crippen LogP contribution in [0.3, 0.4) is 0 Å². The Labute approximate surface area is 266 Å². The summed E-state index contributed by atoms with van der Waals surface area (Å²) in [6.45, 7) is 5.95. The highest BCUT2D eigenvalue weighted by Crippen LogP contribution is 2.57. The average molecular weight is 677 g/mol. The minimum Gasteiger partial charge on any atom is -0.475 e. The van der Waals surface area contributed by atoms with E-state index in [0.29, 0.717) is 32.1 Å². The van der Waals surface area contributed by atoms with Crippen molar-refractivity contribution in [3.63, 3.8) is 0 Å². The van der Waals surface area contributed by atoms with E-state index in [1.807, 2.05) is 20.8 Å². The molecule has 5 rings (SSSR count). The number of hydrogen-bond acceptors (Lipinski definition) is 5. The fraction of sp³-hybridized carbons (Fsp3) is 0.531. The van der Waals surface area contributed by atoms with Gasteiger partial charge in [0.15, 0.2) is 17.4 Å². The molecular formula is C32H35ClF6N2O5. The Morgan fingerprint density at radius 1 is 1.02 bits per heavy atom. The van der Waals surface area contributed by atoms with Gasteiger partial charge in [0, 0.05) is 30.1 Å². The summed E-state index contributed by atoms with van der Waals surface area (Å²) >= 11 is 6.20. The Hall–Kier alpha value is -3.16. The Balaban J connectivity index is 0.000000617. The number of ketones is 1. The van der Waals surface area contributed by atoms with E-state index in [9.17, 15) is 36.6 Å². The molecule has 4 N–H and O–H groups in total. The molecule has 1 aliphatic carbocycles. The molecule has 2 fully saturated rings. The van der Waals surface area contributed by atoms with Crippen LogP contribution in [0.1, 0.15) is 76.3 Å². The van der Waals surface area contributed by atoms with Gasteiger partial charge in [-0.15, -0.1) is 0 Å². The fourth-order valence-corrected chi connectivity index (χ4v) is 7.16. The van der Waals surface area contributed by atoms with Crippen LogP contribution in [0.4, 0.5) is 32.0 Å². The second kappa shape index (κ2) is 13.2. The number of carbonyl (C=O) groups is 3. The maximum atomic E-state index is 15.8. The molecule has 3 aliphatic rings. The summed E-state index contributed by atoms with van der Waals surface area (Å²) in [5.41, 5.74) is -1.53. The van der Waals surface area contributed by atoms with Gasteiger partial charge in [0.2, 0.25) is 5.91 Å². The summed E-state index contributed by atoms with van der Waals surface area (Å²) in [5, 5.41) is 23.0. The van der Waals surface area contributed by atoms with Crippen molar-refractivity contribution in [2.75, 3.05) is 5.32 Å². The normalized spacial score (nSPS) is 27.5. The fourth-order valence-electron chi connectivity index (χ4n) is 6.98. The topological polar surface area (TPSA) is 116 Å². The largest absolute Gasteiger partial charge is 0.490 e. The van der Waals surface area contributed by atoms with E-state index in [0.717, 1.165) is 12.1 Å². The number of benzene rings is 2. The highest BCUT2D eigenvalue weighted by atomic mass is 35.5. The van der Waals surface area contributed by atoms with Gasteiger partial charge >= 0.3 is 12.1 Å². The number of Topliss-reactive ketones (excluding diaryl/α,β-unsaturated/α-hetero) is 1. The Bertz CT molecular complexity index is 1510. The number of hydrogen-bond donors (Lipinski definition) is 4. The van der Waals surface area contributed by atoms with E-state index in [4.69, 9.17) is 21.5 Å². The van der Waals surface area contributed by atoms with Crippen LogP contribution >= 0.6 is 11.6 Å². The zero-order valence-electron chi connectivity index (χ0n) is 25.3. The third-order valence-electron chi connectivity index (χ3n) is 8.91. The molecule has 0 bridgehead atoms. The minimum absolute atomic E-state index is 0.0569. The van der Waals surface area contributed by atoms with Crippen LogP contribution < -0.4 is 10.6 Å². The number of aliphatic hydroxyl groups is 1. The van der Waals surface area contributed by atoms with E-state index in [2.05, 4.69) is 10.6 Å². The van der Waals surface area contributed by atoms with Crippen molar-refractivity contribution in [3.05, 3.63) is 63.9 Å². The van der Waals surface area contributed by atoms with Gasteiger partial charge < -0.3 is 20.8 Å². The second-order valence-electron chi connectivity index (χ2n) is 13.4. The highest BCUT2D eigenvalue weighted by Gasteiger charge is 2.66. The molecule has 4 atom stereocenters. The molecule has 0 radical (unpaired) electrons. The second-order valence-corrected chi connectivity index (χ2v) is 13.8. The molecule has 2 heterocycles. The molecule has 0 aromatic heterocycles. The molecule has 1 spiro atoms. The number of anilines is 1. The van der Waals surface area contributed by atoms with E-state index in [-0.39, 0.29) is 51.5 Å². The number of rotatable bonds is 5. The molecular weight excluding hydrogens is 642 g/mol. The number of alkyl halides is 3. The standard InChI is InChI=1S/C30H34ClF3N2O3.C2HF3O2/c1-29(2,3)14-24-30(18-12-20(32)21(33)13-22(18)35-28(30)39)25(17-5-4-6-19(31)26(17)34)27(36-24)23(38)11-15-7-9-16(37)10-8-15;3-2(4,5)1(6)7/h4-6,12-13,15-16,24-25,27,36-37H,7-11,14H2,1-3H3,(H,35,39);(H,6,7)/t15?,16?,24-,25-,27-,30+;/m0./s1. The number of carboxylic acid groups (broad SMARTS) is 1. The molecule has 1 amide bonds. The lowest BCUT2D eigenvalue weighted by Gasteiger charge is -2.38. The average Bonchev–Trinajstić information content (AvgIpc) is 3.41. The number of carboxylic acids is 1. The molecule has 2 aromatic carbocycles. The first kappa shape index (κ1) is 35.7. The minimum atomic E-state index is -5.08. The molecule has 2 aromatic rings. The van der Waals surface area contributed by atoms with Gasteiger partial charge in [0.1, 0.15) is 11.2 Å². The van der Waals surface area contributed by atoms with Crippen molar-refractivity contribution in [3.8, 4) is 0 Å². The highest BCUT2D eigenvalue weighted by molar-refractivity contribution is 6.30. The predicted octanol–water partition coefficient (Wildman–Crippen LogP) is 6.65. The van der Waals surface area contributed by atoms with Gasteiger partial charge in [-0.3, -0.25) is 9.59 Å². The van der Waals surface area contributed by atoms with Gasteiger partial charge in [-0.2, -0.15) is 13.2 Å². The predicted molar refractivity (Wildman–Crippen MR) is 157 cm³/mol. The molecule has 1 saturated heterocycles. The monoisotopic (exact) mass is 676 g/mol. The van der Waals surface area contributed by atoms with Crippen molar-refractivity contribution in [1.82, 2.24) is 5.32 Å². The Kier molecular flexibility index (Phi) is 10.2. The van der Waals surface area contributed by atoms with Crippen LogP contribution in [0.5, 0.6) is 0 Å². The zero-order valence-corrected chi connectivity index (χ0v) is 26.0. The number of amides is 1.